The number of hydrogen-bond donors (Lipinski definition) is 0. The van der Waals surface area contributed by atoms with Crippen LogP contribution in [0.25, 0.3) is 0 Å². The summed E-state index contributed by atoms with van der Waals surface area (Å²) in [7, 11) is -4.36. The molecule has 2 aliphatic rings. The third-order valence-corrected chi connectivity index (χ3v) is 7.14. The highest BCUT2D eigenvalue weighted by atomic mass is 32.2. The Balaban J connectivity index is 2.24. The third-order valence-electron chi connectivity index (χ3n) is 5.81. The van der Waals surface area contributed by atoms with E-state index in [0.717, 1.165) is 6.42 Å². The largest absolute Gasteiger partial charge is 0.464 e. The van der Waals surface area contributed by atoms with Gasteiger partial charge >= 0.3 is 11.9 Å². The molecule has 0 aromatic carbocycles. The molecule has 0 amide bonds. The zero-order valence-corrected chi connectivity index (χ0v) is 16.4. The van der Waals surface area contributed by atoms with Crippen LogP contribution in [0.4, 0.5) is 0 Å². The van der Waals surface area contributed by atoms with Gasteiger partial charge in [0.1, 0.15) is 5.78 Å². The van der Waals surface area contributed by atoms with Gasteiger partial charge in [-0.15, -0.1) is 0 Å². The molecule has 2 unspecified atom stereocenters. The van der Waals surface area contributed by atoms with Crippen molar-refractivity contribution in [2.45, 2.75) is 53.1 Å². The molecule has 0 radical (unpaired) electrons. The second-order valence-electron chi connectivity index (χ2n) is 7.35. The molecule has 0 saturated heterocycles. The molecule has 0 aromatic heterocycles. The van der Waals surface area contributed by atoms with E-state index < -0.39 is 44.7 Å². The van der Waals surface area contributed by atoms with E-state index in [1.165, 1.54) is 13.8 Å². The highest BCUT2D eigenvalue weighted by Crippen LogP contribution is 2.64. The highest BCUT2D eigenvalue weighted by molar-refractivity contribution is 7.86. The Labute approximate surface area is 153 Å². The maximum Gasteiger partial charge on any atom is 0.348 e. The molecule has 2 rings (SSSR count). The van der Waals surface area contributed by atoms with Gasteiger partial charge < -0.3 is 9.47 Å². The fraction of sp³-hybridized carbons (Fsp3) is 0.824. The first-order chi connectivity index (χ1) is 12.0. The van der Waals surface area contributed by atoms with Crippen molar-refractivity contribution < 1.29 is 36.5 Å². The van der Waals surface area contributed by atoms with Gasteiger partial charge in [0.15, 0.2) is 0 Å². The van der Waals surface area contributed by atoms with Gasteiger partial charge in [0.25, 0.3) is 16.2 Å². The first-order valence-electron chi connectivity index (χ1n) is 8.78. The Hall–Kier alpha value is -1.48. The number of carbonyl (C=O) groups is 3. The summed E-state index contributed by atoms with van der Waals surface area (Å²) < 4.78 is 39.6. The summed E-state index contributed by atoms with van der Waals surface area (Å²) in [4.78, 5) is 36.4. The van der Waals surface area contributed by atoms with Gasteiger partial charge in [0.05, 0.1) is 24.4 Å². The number of rotatable bonds is 8. The second kappa shape index (κ2) is 7.26. The standard InChI is InChI=1S/C17H26O8S/c1-5-23-14(19)13(15(20)24-6-2)25-26(21,22)10-17-8-7-11(9-12(17)18)16(17,3)4/h11,13H,5-10H2,1-4H3. The summed E-state index contributed by atoms with van der Waals surface area (Å²) in [5.74, 6) is -2.79. The molecule has 0 aliphatic heterocycles. The van der Waals surface area contributed by atoms with E-state index in [-0.39, 0.29) is 24.9 Å². The molecule has 0 aromatic rings. The van der Waals surface area contributed by atoms with Gasteiger partial charge in [0.2, 0.25) is 0 Å². The SMILES string of the molecule is CCOC(=O)C(OS(=O)(=O)CC12CCC(CC1=O)C2(C)C)C(=O)OCC. The summed E-state index contributed by atoms with van der Waals surface area (Å²) in [6, 6.07) is 0. The summed E-state index contributed by atoms with van der Waals surface area (Å²) in [6.07, 6.45) is -0.446. The number of ether oxygens (including phenoxy) is 2. The quantitative estimate of drug-likeness (QED) is 0.345. The second-order valence-corrected chi connectivity index (χ2v) is 8.95. The number of Topliss-reactive ketones (excluding diaryl/α,β-unsaturated/α-hetero) is 1. The van der Waals surface area contributed by atoms with Crippen LogP contribution >= 0.6 is 0 Å². The Morgan fingerprint density at radius 3 is 2.08 bits per heavy atom. The normalized spacial score (nSPS) is 27.0. The Morgan fingerprint density at radius 2 is 1.69 bits per heavy atom. The van der Waals surface area contributed by atoms with Crippen molar-refractivity contribution in [2.75, 3.05) is 19.0 Å². The van der Waals surface area contributed by atoms with Crippen LogP contribution in [-0.2, 0) is 38.2 Å². The van der Waals surface area contributed by atoms with Crippen molar-refractivity contribution in [2.24, 2.45) is 16.7 Å². The molecule has 26 heavy (non-hydrogen) atoms. The predicted molar refractivity (Wildman–Crippen MR) is 90.5 cm³/mol. The summed E-state index contributed by atoms with van der Waals surface area (Å²) >= 11 is 0. The minimum Gasteiger partial charge on any atom is -0.464 e. The van der Waals surface area contributed by atoms with Crippen molar-refractivity contribution in [3.05, 3.63) is 0 Å². The first-order valence-corrected chi connectivity index (χ1v) is 10.4. The van der Waals surface area contributed by atoms with Crippen LogP contribution in [0.15, 0.2) is 0 Å². The topological polar surface area (TPSA) is 113 Å². The molecule has 2 bridgehead atoms. The predicted octanol–water partition coefficient (Wildman–Crippen LogP) is 1.22. The molecule has 9 heteroatoms. The molecular formula is C17H26O8S. The molecule has 0 spiro atoms. The van der Waals surface area contributed by atoms with E-state index >= 15 is 0 Å². The van der Waals surface area contributed by atoms with Crippen molar-refractivity contribution in [1.29, 1.82) is 0 Å². The van der Waals surface area contributed by atoms with Crippen LogP contribution in [0.5, 0.6) is 0 Å². The molecule has 2 fully saturated rings. The van der Waals surface area contributed by atoms with Gasteiger partial charge in [-0.25, -0.2) is 13.8 Å². The van der Waals surface area contributed by atoms with Gasteiger partial charge in [0, 0.05) is 6.42 Å². The third kappa shape index (κ3) is 3.51. The highest BCUT2D eigenvalue weighted by Gasteiger charge is 2.65. The number of esters is 2. The van der Waals surface area contributed by atoms with Crippen molar-refractivity contribution in [1.82, 2.24) is 0 Å². The Kier molecular flexibility index (Phi) is 5.82. The zero-order chi connectivity index (χ0) is 19.8. The van der Waals surface area contributed by atoms with Crippen LogP contribution in [0.1, 0.15) is 47.0 Å². The minimum atomic E-state index is -4.36. The van der Waals surface area contributed by atoms with Gasteiger partial charge in [-0.3, -0.25) is 4.79 Å². The van der Waals surface area contributed by atoms with Crippen molar-refractivity contribution >= 4 is 27.8 Å². The van der Waals surface area contributed by atoms with Crippen molar-refractivity contribution in [3.63, 3.8) is 0 Å². The fourth-order valence-corrected chi connectivity index (χ4v) is 6.00. The fourth-order valence-electron chi connectivity index (χ4n) is 4.20. The number of fused-ring (bicyclic) bond motifs is 2. The molecule has 2 atom stereocenters. The Bertz CT molecular complexity index is 678. The van der Waals surface area contributed by atoms with Crippen LogP contribution in [0, 0.1) is 16.7 Å². The van der Waals surface area contributed by atoms with E-state index in [1.807, 2.05) is 13.8 Å². The minimum absolute atomic E-state index is 0.0463. The maximum atomic E-state index is 12.6. The lowest BCUT2D eigenvalue weighted by Gasteiger charge is -2.36. The lowest BCUT2D eigenvalue weighted by atomic mass is 9.70. The van der Waals surface area contributed by atoms with E-state index in [2.05, 4.69) is 0 Å². The molecule has 8 nitrogen and oxygen atoms in total. The number of hydrogen-bond acceptors (Lipinski definition) is 8. The summed E-state index contributed by atoms with van der Waals surface area (Å²) in [5, 5.41) is 0. The van der Waals surface area contributed by atoms with E-state index in [1.54, 1.807) is 0 Å². The first kappa shape index (κ1) is 20.8. The molecule has 148 valence electrons. The van der Waals surface area contributed by atoms with Gasteiger partial charge in [-0.1, -0.05) is 13.8 Å². The van der Waals surface area contributed by atoms with E-state index in [0.29, 0.717) is 12.8 Å². The van der Waals surface area contributed by atoms with E-state index in [4.69, 9.17) is 13.7 Å². The van der Waals surface area contributed by atoms with Crippen LogP contribution < -0.4 is 0 Å². The number of ketones is 1. The van der Waals surface area contributed by atoms with E-state index in [9.17, 15) is 22.8 Å². The lowest BCUT2D eigenvalue weighted by Crippen LogP contribution is -2.45. The van der Waals surface area contributed by atoms with Crippen molar-refractivity contribution in [3.8, 4) is 0 Å². The number of carbonyl (C=O) groups excluding carboxylic acids is 3. The molecule has 2 saturated carbocycles. The van der Waals surface area contributed by atoms with Crippen LogP contribution in [0.3, 0.4) is 0 Å². The van der Waals surface area contributed by atoms with Gasteiger partial charge in [-0.05, 0) is 38.0 Å². The molecule has 0 N–H and O–H groups in total. The molecule has 0 heterocycles. The average molecular weight is 390 g/mol. The van der Waals surface area contributed by atoms with Crippen LogP contribution in [0.2, 0.25) is 0 Å². The Morgan fingerprint density at radius 1 is 1.15 bits per heavy atom. The molecular weight excluding hydrogens is 364 g/mol. The zero-order valence-electron chi connectivity index (χ0n) is 15.6. The van der Waals surface area contributed by atoms with Crippen LogP contribution in [-0.4, -0.2) is 51.2 Å². The average Bonchev–Trinajstić information content (AvgIpc) is 2.86. The smallest absolute Gasteiger partial charge is 0.348 e. The summed E-state index contributed by atoms with van der Waals surface area (Å²) in [6.45, 7) is 6.72. The molecule has 2 aliphatic carbocycles. The van der Waals surface area contributed by atoms with Gasteiger partial charge in [-0.2, -0.15) is 8.42 Å². The lowest BCUT2D eigenvalue weighted by molar-refractivity contribution is -0.166. The monoisotopic (exact) mass is 390 g/mol. The summed E-state index contributed by atoms with van der Waals surface area (Å²) in [5.41, 5.74) is -1.53. The maximum absolute atomic E-state index is 12.6.